The summed E-state index contributed by atoms with van der Waals surface area (Å²) in [6.45, 7) is 1.43. The van der Waals surface area contributed by atoms with Crippen molar-refractivity contribution in [3.05, 3.63) is 65.9 Å². The molecule has 33 heavy (non-hydrogen) atoms. The Kier molecular flexibility index (Phi) is 6.80. The predicted octanol–water partition coefficient (Wildman–Crippen LogP) is 3.39. The Hall–Kier alpha value is -4.15. The molecule has 1 aromatic heterocycles. The molecular formula is C22H19F3N4O4. The van der Waals surface area contributed by atoms with E-state index >= 15 is 0 Å². The minimum atomic E-state index is -4.28. The highest BCUT2D eigenvalue weighted by molar-refractivity contribution is 5.91. The lowest BCUT2D eigenvalue weighted by Crippen LogP contribution is -2.31. The first-order valence-electron chi connectivity index (χ1n) is 9.59. The third kappa shape index (κ3) is 6.66. The molecule has 0 aliphatic carbocycles. The van der Waals surface area contributed by atoms with Crippen LogP contribution in [0.15, 0.2) is 54.6 Å². The average Bonchev–Trinajstić information content (AvgIpc) is 2.74. The molecule has 0 aliphatic heterocycles. The van der Waals surface area contributed by atoms with Gasteiger partial charge >= 0.3 is 6.18 Å². The van der Waals surface area contributed by atoms with Crippen molar-refractivity contribution in [2.75, 3.05) is 0 Å². The first-order chi connectivity index (χ1) is 15.5. The van der Waals surface area contributed by atoms with Crippen LogP contribution in [0, 0.1) is 0 Å². The highest BCUT2D eigenvalue weighted by Gasteiger charge is 2.27. The monoisotopic (exact) mass is 460 g/mol. The van der Waals surface area contributed by atoms with Crippen molar-refractivity contribution in [3.8, 4) is 28.8 Å². The van der Waals surface area contributed by atoms with Gasteiger partial charge in [0.25, 0.3) is 11.8 Å². The molecule has 172 valence electrons. The van der Waals surface area contributed by atoms with E-state index in [1.165, 1.54) is 37.3 Å². The maximum Gasteiger partial charge on any atom is 0.393 e. The van der Waals surface area contributed by atoms with Gasteiger partial charge in [-0.1, -0.05) is 12.1 Å². The van der Waals surface area contributed by atoms with Crippen molar-refractivity contribution in [3.63, 3.8) is 0 Å². The van der Waals surface area contributed by atoms with Crippen LogP contribution < -0.4 is 20.9 Å². The van der Waals surface area contributed by atoms with E-state index in [1.807, 2.05) is 0 Å². The van der Waals surface area contributed by atoms with Crippen LogP contribution in [0.3, 0.4) is 0 Å². The number of nitrogens with two attached hydrogens (primary N) is 2. The lowest BCUT2D eigenvalue weighted by atomic mass is 10.1. The number of alkyl halides is 3. The smallest absolute Gasteiger partial charge is 0.393 e. The second-order valence-corrected chi connectivity index (χ2v) is 7.00. The Morgan fingerprint density at radius 1 is 0.970 bits per heavy atom. The van der Waals surface area contributed by atoms with Crippen LogP contribution in [0.4, 0.5) is 13.2 Å². The zero-order valence-corrected chi connectivity index (χ0v) is 17.3. The highest BCUT2D eigenvalue weighted by Crippen LogP contribution is 2.27. The van der Waals surface area contributed by atoms with E-state index in [-0.39, 0.29) is 23.0 Å². The number of benzene rings is 2. The van der Waals surface area contributed by atoms with Gasteiger partial charge in [-0.15, -0.1) is 0 Å². The molecular weight excluding hydrogens is 441 g/mol. The van der Waals surface area contributed by atoms with Crippen LogP contribution in [0.5, 0.6) is 17.4 Å². The third-order valence-electron chi connectivity index (χ3n) is 4.33. The van der Waals surface area contributed by atoms with Crippen molar-refractivity contribution >= 4 is 11.8 Å². The van der Waals surface area contributed by atoms with E-state index in [2.05, 4.69) is 9.97 Å². The Morgan fingerprint density at radius 3 is 2.06 bits per heavy atom. The Bertz CT molecular complexity index is 1150. The van der Waals surface area contributed by atoms with Crippen LogP contribution in [-0.4, -0.2) is 34.1 Å². The quantitative estimate of drug-likeness (QED) is 0.530. The number of ether oxygens (including phenoxy) is 2. The van der Waals surface area contributed by atoms with Crippen LogP contribution >= 0.6 is 0 Å². The molecule has 0 saturated heterocycles. The lowest BCUT2D eigenvalue weighted by Gasteiger charge is -2.12. The van der Waals surface area contributed by atoms with Gasteiger partial charge in [-0.25, -0.2) is 4.98 Å². The van der Waals surface area contributed by atoms with Gasteiger partial charge in [-0.2, -0.15) is 18.2 Å². The fraction of sp³-hybridized carbons (Fsp3) is 0.182. The molecule has 2 amide bonds. The number of halogens is 3. The summed E-state index contributed by atoms with van der Waals surface area (Å²) in [5.41, 5.74) is 11.0. The summed E-state index contributed by atoms with van der Waals surface area (Å²) in [5.74, 6) is -0.711. The van der Waals surface area contributed by atoms with Gasteiger partial charge in [-0.05, 0) is 48.9 Å². The maximum atomic E-state index is 12.5. The molecule has 0 spiro atoms. The SMILES string of the molecule is C[C@H](Oc1cc(C(N)=O)nc(-c2ccc(Oc3ccc(CC(F)(F)F)cc3)cc2)n1)C(N)=O. The molecule has 8 nitrogen and oxygen atoms in total. The highest BCUT2D eigenvalue weighted by atomic mass is 19.4. The van der Waals surface area contributed by atoms with Crippen molar-refractivity contribution in [1.82, 2.24) is 9.97 Å². The van der Waals surface area contributed by atoms with E-state index in [0.29, 0.717) is 17.1 Å². The number of hydrogen-bond acceptors (Lipinski definition) is 6. The Balaban J connectivity index is 1.78. The van der Waals surface area contributed by atoms with Gasteiger partial charge in [0.05, 0.1) is 6.42 Å². The van der Waals surface area contributed by atoms with E-state index in [0.717, 1.165) is 0 Å². The maximum absolute atomic E-state index is 12.5. The molecule has 0 bridgehead atoms. The summed E-state index contributed by atoms with van der Waals surface area (Å²) in [6, 6.07) is 13.2. The van der Waals surface area contributed by atoms with Crippen LogP contribution in [0.2, 0.25) is 0 Å². The van der Waals surface area contributed by atoms with Gasteiger partial charge in [0.1, 0.15) is 17.2 Å². The Morgan fingerprint density at radius 2 is 1.55 bits per heavy atom. The zero-order chi connectivity index (χ0) is 24.2. The van der Waals surface area contributed by atoms with Gasteiger partial charge < -0.3 is 20.9 Å². The van der Waals surface area contributed by atoms with Gasteiger partial charge in [0.2, 0.25) is 5.88 Å². The fourth-order valence-electron chi connectivity index (χ4n) is 2.69. The largest absolute Gasteiger partial charge is 0.464 e. The minimum Gasteiger partial charge on any atom is -0.464 e. The van der Waals surface area contributed by atoms with Gasteiger partial charge in [0.15, 0.2) is 11.9 Å². The molecule has 0 fully saturated rings. The standard InChI is InChI=1S/C22H19F3N4O4/c1-12(19(26)30)32-18-10-17(20(27)31)28-21(29-18)14-4-8-16(9-5-14)33-15-6-2-13(3-7-15)11-22(23,24)25/h2-10,12H,11H2,1H3,(H2,26,30)(H2,27,31)/t12-/m0/s1. The molecule has 11 heteroatoms. The first-order valence-corrected chi connectivity index (χ1v) is 9.59. The van der Waals surface area contributed by atoms with E-state index < -0.39 is 30.5 Å². The average molecular weight is 460 g/mol. The molecule has 0 saturated carbocycles. The number of amides is 2. The number of aromatic nitrogens is 2. The molecule has 1 heterocycles. The molecule has 2 aromatic carbocycles. The molecule has 3 aromatic rings. The van der Waals surface area contributed by atoms with E-state index in [1.54, 1.807) is 24.3 Å². The number of primary amides is 2. The summed E-state index contributed by atoms with van der Waals surface area (Å²) < 4.78 is 48.4. The molecule has 4 N–H and O–H groups in total. The predicted molar refractivity (Wildman–Crippen MR) is 112 cm³/mol. The van der Waals surface area contributed by atoms with Crippen LogP contribution in [-0.2, 0) is 11.2 Å². The zero-order valence-electron chi connectivity index (χ0n) is 17.3. The van der Waals surface area contributed by atoms with Gasteiger partial charge in [-0.3, -0.25) is 9.59 Å². The molecule has 0 unspecified atom stereocenters. The molecule has 3 rings (SSSR count). The number of carbonyl (C=O) groups excluding carboxylic acids is 2. The third-order valence-corrected chi connectivity index (χ3v) is 4.33. The van der Waals surface area contributed by atoms with Crippen molar-refractivity contribution in [1.29, 1.82) is 0 Å². The Labute approximate surface area is 186 Å². The normalized spacial score (nSPS) is 12.1. The number of hydrogen-bond donors (Lipinski definition) is 2. The first kappa shape index (κ1) is 23.5. The molecule has 0 aliphatic rings. The second kappa shape index (κ2) is 9.55. The minimum absolute atomic E-state index is 0.0561. The summed E-state index contributed by atoms with van der Waals surface area (Å²) >= 11 is 0. The van der Waals surface area contributed by atoms with E-state index in [4.69, 9.17) is 20.9 Å². The van der Waals surface area contributed by atoms with Crippen LogP contribution in [0.1, 0.15) is 23.0 Å². The van der Waals surface area contributed by atoms with Gasteiger partial charge in [0, 0.05) is 11.6 Å². The molecule has 0 radical (unpaired) electrons. The summed E-state index contributed by atoms with van der Waals surface area (Å²) in [5, 5.41) is 0. The summed E-state index contributed by atoms with van der Waals surface area (Å²) in [6.07, 6.45) is -6.29. The number of rotatable bonds is 8. The van der Waals surface area contributed by atoms with Crippen molar-refractivity contribution < 1.29 is 32.2 Å². The second-order valence-electron chi connectivity index (χ2n) is 7.00. The number of nitrogens with zero attached hydrogens (tertiary/aromatic N) is 2. The number of carbonyl (C=O) groups is 2. The fourth-order valence-corrected chi connectivity index (χ4v) is 2.69. The summed E-state index contributed by atoms with van der Waals surface area (Å²) in [4.78, 5) is 31.1. The van der Waals surface area contributed by atoms with E-state index in [9.17, 15) is 22.8 Å². The lowest BCUT2D eigenvalue weighted by molar-refractivity contribution is -0.127. The van der Waals surface area contributed by atoms with Crippen molar-refractivity contribution in [2.24, 2.45) is 11.5 Å². The molecule has 1 atom stereocenters. The summed E-state index contributed by atoms with van der Waals surface area (Å²) in [7, 11) is 0. The van der Waals surface area contributed by atoms with Crippen molar-refractivity contribution in [2.45, 2.75) is 25.6 Å². The topological polar surface area (TPSA) is 130 Å². The van der Waals surface area contributed by atoms with Crippen LogP contribution in [0.25, 0.3) is 11.4 Å².